The molecule has 0 radical (unpaired) electrons. The SMILES string of the molecule is CC[C@@H]1CN(C(=O)CCOC[C@@H]2CCCO2)C[C@@H]1N1CCOCC1. The summed E-state index contributed by atoms with van der Waals surface area (Å²) >= 11 is 0. The summed E-state index contributed by atoms with van der Waals surface area (Å²) in [7, 11) is 0. The van der Waals surface area contributed by atoms with Gasteiger partial charge in [0.05, 0.1) is 39.0 Å². The van der Waals surface area contributed by atoms with E-state index in [1.165, 1.54) is 0 Å². The molecule has 0 bridgehead atoms. The molecule has 138 valence electrons. The summed E-state index contributed by atoms with van der Waals surface area (Å²) in [5, 5.41) is 0. The fourth-order valence-electron chi connectivity index (χ4n) is 4.09. The molecule has 3 saturated heterocycles. The first-order valence-corrected chi connectivity index (χ1v) is 9.57. The number of morpholine rings is 1. The maximum atomic E-state index is 12.5. The second kappa shape index (κ2) is 9.13. The Kier molecular flexibility index (Phi) is 6.89. The second-order valence-electron chi connectivity index (χ2n) is 7.14. The van der Waals surface area contributed by atoms with Gasteiger partial charge >= 0.3 is 0 Å². The van der Waals surface area contributed by atoms with Gasteiger partial charge in [-0.3, -0.25) is 9.69 Å². The highest BCUT2D eigenvalue weighted by Crippen LogP contribution is 2.26. The van der Waals surface area contributed by atoms with E-state index in [1.807, 2.05) is 4.90 Å². The minimum Gasteiger partial charge on any atom is -0.379 e. The Morgan fingerprint density at radius 3 is 2.75 bits per heavy atom. The van der Waals surface area contributed by atoms with Crippen LogP contribution in [0.4, 0.5) is 0 Å². The minimum absolute atomic E-state index is 0.233. The number of rotatable bonds is 7. The van der Waals surface area contributed by atoms with E-state index < -0.39 is 0 Å². The lowest BCUT2D eigenvalue weighted by molar-refractivity contribution is -0.131. The normalized spacial score (nSPS) is 31.7. The van der Waals surface area contributed by atoms with E-state index in [9.17, 15) is 4.79 Å². The number of ether oxygens (including phenoxy) is 3. The van der Waals surface area contributed by atoms with E-state index in [-0.39, 0.29) is 12.0 Å². The smallest absolute Gasteiger partial charge is 0.224 e. The van der Waals surface area contributed by atoms with Crippen LogP contribution in [0.1, 0.15) is 32.6 Å². The average Bonchev–Trinajstić information content (AvgIpc) is 3.28. The highest BCUT2D eigenvalue weighted by atomic mass is 16.5. The largest absolute Gasteiger partial charge is 0.379 e. The Morgan fingerprint density at radius 1 is 1.21 bits per heavy atom. The Hall–Kier alpha value is -0.690. The van der Waals surface area contributed by atoms with Crippen molar-refractivity contribution < 1.29 is 19.0 Å². The molecule has 3 heterocycles. The van der Waals surface area contributed by atoms with Gasteiger partial charge in [0, 0.05) is 38.8 Å². The molecule has 0 aromatic rings. The van der Waals surface area contributed by atoms with E-state index in [0.717, 1.165) is 65.3 Å². The molecule has 0 aliphatic carbocycles. The van der Waals surface area contributed by atoms with Gasteiger partial charge in [-0.15, -0.1) is 0 Å². The summed E-state index contributed by atoms with van der Waals surface area (Å²) < 4.78 is 16.6. The molecule has 6 heteroatoms. The monoisotopic (exact) mass is 340 g/mol. The highest BCUT2D eigenvalue weighted by molar-refractivity contribution is 5.76. The van der Waals surface area contributed by atoms with E-state index in [0.29, 0.717) is 31.6 Å². The van der Waals surface area contributed by atoms with Gasteiger partial charge in [-0.05, 0) is 18.8 Å². The molecular weight excluding hydrogens is 308 g/mol. The van der Waals surface area contributed by atoms with Gasteiger partial charge in [-0.25, -0.2) is 0 Å². The maximum Gasteiger partial charge on any atom is 0.224 e. The van der Waals surface area contributed by atoms with Gasteiger partial charge in [0.2, 0.25) is 5.91 Å². The third-order valence-corrected chi connectivity index (χ3v) is 5.59. The van der Waals surface area contributed by atoms with Crippen molar-refractivity contribution in [1.82, 2.24) is 9.80 Å². The standard InChI is InChI=1S/C18H32N2O4/c1-2-15-12-20(13-17(15)19-6-10-22-11-7-19)18(21)5-9-23-14-16-4-3-8-24-16/h15-17H,2-14H2,1H3/t15-,16+,17+/m1/s1. The molecule has 0 saturated carbocycles. The molecule has 24 heavy (non-hydrogen) atoms. The summed E-state index contributed by atoms with van der Waals surface area (Å²) in [4.78, 5) is 17.1. The number of amides is 1. The molecule has 0 spiro atoms. The van der Waals surface area contributed by atoms with Crippen LogP contribution < -0.4 is 0 Å². The molecule has 0 aromatic carbocycles. The first kappa shape index (κ1) is 18.1. The number of likely N-dealkylation sites (tertiary alicyclic amines) is 1. The first-order valence-electron chi connectivity index (χ1n) is 9.57. The molecular formula is C18H32N2O4. The Morgan fingerprint density at radius 2 is 2.04 bits per heavy atom. The molecule has 3 aliphatic rings. The van der Waals surface area contributed by atoms with E-state index >= 15 is 0 Å². The predicted molar refractivity (Wildman–Crippen MR) is 91.0 cm³/mol. The first-order chi connectivity index (χ1) is 11.8. The van der Waals surface area contributed by atoms with Crippen molar-refractivity contribution >= 4 is 5.91 Å². The van der Waals surface area contributed by atoms with Crippen molar-refractivity contribution in [2.45, 2.75) is 44.8 Å². The molecule has 0 unspecified atom stereocenters. The van der Waals surface area contributed by atoms with Crippen LogP contribution in [0.5, 0.6) is 0 Å². The zero-order chi connectivity index (χ0) is 16.8. The van der Waals surface area contributed by atoms with Crippen molar-refractivity contribution in [3.8, 4) is 0 Å². The molecule has 0 N–H and O–H groups in total. The zero-order valence-corrected chi connectivity index (χ0v) is 15.0. The zero-order valence-electron chi connectivity index (χ0n) is 15.0. The minimum atomic E-state index is 0.233. The van der Waals surface area contributed by atoms with Crippen LogP contribution >= 0.6 is 0 Å². The van der Waals surface area contributed by atoms with E-state index in [4.69, 9.17) is 14.2 Å². The lowest BCUT2D eigenvalue weighted by Crippen LogP contribution is -2.47. The van der Waals surface area contributed by atoms with Crippen LogP contribution in [-0.2, 0) is 19.0 Å². The highest BCUT2D eigenvalue weighted by Gasteiger charge is 2.37. The lowest BCUT2D eigenvalue weighted by Gasteiger charge is -2.34. The van der Waals surface area contributed by atoms with Gasteiger partial charge in [0.25, 0.3) is 0 Å². The molecule has 3 rings (SSSR count). The average molecular weight is 340 g/mol. The Labute approximate surface area is 145 Å². The predicted octanol–water partition coefficient (Wildman–Crippen LogP) is 1.14. The van der Waals surface area contributed by atoms with Gasteiger partial charge in [-0.2, -0.15) is 0 Å². The number of carbonyl (C=O) groups is 1. The Balaban J connectivity index is 1.39. The second-order valence-corrected chi connectivity index (χ2v) is 7.14. The molecule has 1 amide bonds. The molecule has 0 aromatic heterocycles. The lowest BCUT2D eigenvalue weighted by atomic mass is 9.99. The van der Waals surface area contributed by atoms with Crippen LogP contribution in [0.2, 0.25) is 0 Å². The number of carbonyl (C=O) groups excluding carboxylic acids is 1. The van der Waals surface area contributed by atoms with Gasteiger partial charge < -0.3 is 19.1 Å². The summed E-state index contributed by atoms with van der Waals surface area (Å²) in [5.41, 5.74) is 0. The number of hydrogen-bond donors (Lipinski definition) is 0. The summed E-state index contributed by atoms with van der Waals surface area (Å²) in [5.74, 6) is 0.816. The van der Waals surface area contributed by atoms with Crippen LogP contribution in [0, 0.1) is 5.92 Å². The van der Waals surface area contributed by atoms with Crippen molar-refractivity contribution in [1.29, 1.82) is 0 Å². The van der Waals surface area contributed by atoms with Crippen LogP contribution in [0.3, 0.4) is 0 Å². The van der Waals surface area contributed by atoms with Gasteiger partial charge in [0.1, 0.15) is 0 Å². The van der Waals surface area contributed by atoms with Gasteiger partial charge in [0.15, 0.2) is 0 Å². The van der Waals surface area contributed by atoms with Crippen molar-refractivity contribution in [3.63, 3.8) is 0 Å². The van der Waals surface area contributed by atoms with Gasteiger partial charge in [-0.1, -0.05) is 13.3 Å². The van der Waals surface area contributed by atoms with E-state index in [2.05, 4.69) is 11.8 Å². The fraction of sp³-hybridized carbons (Fsp3) is 0.944. The van der Waals surface area contributed by atoms with E-state index in [1.54, 1.807) is 0 Å². The topological polar surface area (TPSA) is 51.2 Å². The summed E-state index contributed by atoms with van der Waals surface area (Å²) in [6, 6.07) is 0.496. The van der Waals surface area contributed by atoms with Crippen LogP contribution in [0.25, 0.3) is 0 Å². The number of hydrogen-bond acceptors (Lipinski definition) is 5. The van der Waals surface area contributed by atoms with Crippen LogP contribution in [-0.4, -0.2) is 87.1 Å². The van der Waals surface area contributed by atoms with Crippen molar-refractivity contribution in [2.24, 2.45) is 5.92 Å². The molecule has 3 fully saturated rings. The van der Waals surface area contributed by atoms with Crippen LogP contribution in [0.15, 0.2) is 0 Å². The quantitative estimate of drug-likeness (QED) is 0.651. The third-order valence-electron chi connectivity index (χ3n) is 5.59. The molecule has 3 aliphatic heterocycles. The number of nitrogens with zero attached hydrogens (tertiary/aromatic N) is 2. The van der Waals surface area contributed by atoms with Crippen molar-refractivity contribution in [2.75, 3.05) is 59.2 Å². The third kappa shape index (κ3) is 4.69. The molecule has 3 atom stereocenters. The summed E-state index contributed by atoms with van der Waals surface area (Å²) in [6.45, 7) is 9.60. The van der Waals surface area contributed by atoms with Crippen molar-refractivity contribution in [3.05, 3.63) is 0 Å². The fourth-order valence-corrected chi connectivity index (χ4v) is 4.09. The summed E-state index contributed by atoms with van der Waals surface area (Å²) in [6.07, 6.45) is 4.06. The maximum absolute atomic E-state index is 12.5. The Bertz CT molecular complexity index is 394. The molecule has 6 nitrogen and oxygen atoms in total.